The Labute approximate surface area is 111 Å². The quantitative estimate of drug-likeness (QED) is 0.793. The molecule has 0 aliphatic carbocycles. The van der Waals surface area contributed by atoms with Crippen molar-refractivity contribution in [1.29, 1.82) is 0 Å². The van der Waals surface area contributed by atoms with Gasteiger partial charge in [-0.05, 0) is 13.0 Å². The molecule has 0 bridgehead atoms. The van der Waals surface area contributed by atoms with E-state index in [-0.39, 0.29) is 12.5 Å². The minimum atomic E-state index is -0.0706. The molecule has 0 aromatic carbocycles. The lowest BCUT2D eigenvalue weighted by Gasteiger charge is -2.05. The van der Waals surface area contributed by atoms with Gasteiger partial charge in [0.25, 0.3) is 0 Å². The number of rotatable bonds is 6. The van der Waals surface area contributed by atoms with Gasteiger partial charge in [-0.25, -0.2) is 0 Å². The predicted molar refractivity (Wildman–Crippen MR) is 71.5 cm³/mol. The third kappa shape index (κ3) is 3.34. The molecule has 19 heavy (non-hydrogen) atoms. The van der Waals surface area contributed by atoms with Crippen molar-refractivity contribution in [3.8, 4) is 0 Å². The van der Waals surface area contributed by atoms with Crippen molar-refractivity contribution in [2.24, 2.45) is 0 Å². The molecule has 0 fully saturated rings. The van der Waals surface area contributed by atoms with Crippen LogP contribution in [-0.2, 0) is 24.4 Å². The van der Waals surface area contributed by atoms with Gasteiger partial charge in [0.1, 0.15) is 6.54 Å². The third-order valence-electron chi connectivity index (χ3n) is 2.80. The number of likely N-dealkylation sites (N-methyl/N-ethyl adjacent to an activating group) is 1. The van der Waals surface area contributed by atoms with Gasteiger partial charge in [0, 0.05) is 26.0 Å². The number of nitrogens with zero attached hydrogens (tertiary/aromatic N) is 4. The number of carbonyl (C=O) groups excluding carboxylic acids is 1. The first-order valence-corrected chi connectivity index (χ1v) is 6.20. The van der Waals surface area contributed by atoms with Crippen molar-refractivity contribution >= 4 is 11.6 Å². The molecule has 0 saturated carbocycles. The number of hydrogen-bond donors (Lipinski definition) is 2. The highest BCUT2D eigenvalue weighted by Gasteiger charge is 2.04. The maximum absolute atomic E-state index is 11.2. The van der Waals surface area contributed by atoms with E-state index in [1.54, 1.807) is 24.1 Å². The fourth-order valence-electron chi connectivity index (χ4n) is 1.76. The number of carbonyl (C=O) groups is 1. The first-order valence-electron chi connectivity index (χ1n) is 6.20. The lowest BCUT2D eigenvalue weighted by molar-refractivity contribution is -0.121. The summed E-state index contributed by atoms with van der Waals surface area (Å²) in [5, 5.41) is 14.1. The van der Waals surface area contributed by atoms with Gasteiger partial charge >= 0.3 is 0 Å². The van der Waals surface area contributed by atoms with E-state index < -0.39 is 0 Å². The molecule has 2 aromatic heterocycles. The van der Waals surface area contributed by atoms with E-state index in [1.807, 2.05) is 16.9 Å². The van der Waals surface area contributed by atoms with Crippen LogP contribution in [0.15, 0.2) is 24.7 Å². The molecule has 7 nitrogen and oxygen atoms in total. The van der Waals surface area contributed by atoms with E-state index in [0.717, 1.165) is 17.9 Å². The summed E-state index contributed by atoms with van der Waals surface area (Å²) in [5.41, 5.74) is 1.99. The normalized spacial score (nSPS) is 10.4. The van der Waals surface area contributed by atoms with Crippen LogP contribution in [0.5, 0.6) is 0 Å². The van der Waals surface area contributed by atoms with Crippen LogP contribution in [0.1, 0.15) is 12.6 Å². The number of amides is 1. The molecule has 102 valence electrons. The van der Waals surface area contributed by atoms with Gasteiger partial charge in [-0.3, -0.25) is 14.2 Å². The average molecular weight is 262 g/mol. The summed E-state index contributed by atoms with van der Waals surface area (Å²) in [6.07, 6.45) is 5.30. The SMILES string of the molecule is CCn1nccc1CNc1cnn(CC(=O)NC)c1. The molecule has 1 amide bonds. The first kappa shape index (κ1) is 13.1. The molecule has 2 N–H and O–H groups in total. The average Bonchev–Trinajstić information content (AvgIpc) is 3.04. The van der Waals surface area contributed by atoms with Crippen LogP contribution < -0.4 is 10.6 Å². The van der Waals surface area contributed by atoms with Crippen LogP contribution in [0.2, 0.25) is 0 Å². The zero-order valence-electron chi connectivity index (χ0n) is 11.1. The highest BCUT2D eigenvalue weighted by molar-refractivity contribution is 5.75. The molecule has 0 radical (unpaired) electrons. The Kier molecular flexibility index (Phi) is 4.17. The van der Waals surface area contributed by atoms with Gasteiger partial charge in [-0.1, -0.05) is 0 Å². The Hall–Kier alpha value is -2.31. The minimum Gasteiger partial charge on any atom is -0.377 e. The van der Waals surface area contributed by atoms with Crippen LogP contribution >= 0.6 is 0 Å². The van der Waals surface area contributed by atoms with Crippen molar-refractivity contribution in [2.45, 2.75) is 26.6 Å². The van der Waals surface area contributed by atoms with Gasteiger partial charge in [0.05, 0.1) is 24.1 Å². The van der Waals surface area contributed by atoms with E-state index in [9.17, 15) is 4.79 Å². The van der Waals surface area contributed by atoms with Crippen LogP contribution in [-0.4, -0.2) is 32.5 Å². The van der Waals surface area contributed by atoms with E-state index in [2.05, 4.69) is 27.8 Å². The largest absolute Gasteiger partial charge is 0.377 e. The highest BCUT2D eigenvalue weighted by Crippen LogP contribution is 2.08. The van der Waals surface area contributed by atoms with E-state index in [1.165, 1.54) is 0 Å². The summed E-state index contributed by atoms with van der Waals surface area (Å²) in [5.74, 6) is -0.0706. The molecule has 0 saturated heterocycles. The summed E-state index contributed by atoms with van der Waals surface area (Å²) >= 11 is 0. The number of nitrogens with one attached hydrogen (secondary N) is 2. The third-order valence-corrected chi connectivity index (χ3v) is 2.80. The Bertz CT molecular complexity index is 544. The molecule has 0 spiro atoms. The van der Waals surface area contributed by atoms with Crippen LogP contribution in [0.3, 0.4) is 0 Å². The van der Waals surface area contributed by atoms with Crippen LogP contribution in [0, 0.1) is 0 Å². The number of aromatic nitrogens is 4. The summed E-state index contributed by atoms with van der Waals surface area (Å²) in [4.78, 5) is 11.2. The van der Waals surface area contributed by atoms with Crippen molar-refractivity contribution in [3.05, 3.63) is 30.4 Å². The molecule has 0 unspecified atom stereocenters. The minimum absolute atomic E-state index is 0.0706. The number of anilines is 1. The standard InChI is InChI=1S/C12H18N6O/c1-3-18-11(4-5-15-18)7-14-10-6-16-17(8-10)9-12(19)13-2/h4-6,8,14H,3,7,9H2,1-2H3,(H,13,19). The Morgan fingerprint density at radius 1 is 1.42 bits per heavy atom. The Balaban J connectivity index is 1.91. The molecule has 7 heteroatoms. The van der Waals surface area contributed by atoms with Crippen LogP contribution in [0.25, 0.3) is 0 Å². The molecule has 0 aliphatic heterocycles. The molecule has 2 heterocycles. The summed E-state index contributed by atoms with van der Waals surface area (Å²) in [7, 11) is 1.61. The molecular formula is C12H18N6O. The fraction of sp³-hybridized carbons (Fsp3) is 0.417. The van der Waals surface area contributed by atoms with Crippen LogP contribution in [0.4, 0.5) is 5.69 Å². The topological polar surface area (TPSA) is 76.8 Å². The maximum Gasteiger partial charge on any atom is 0.241 e. The second kappa shape index (κ2) is 6.03. The Morgan fingerprint density at radius 3 is 3.00 bits per heavy atom. The van der Waals surface area contributed by atoms with Crippen molar-refractivity contribution in [1.82, 2.24) is 24.9 Å². The predicted octanol–water partition coefficient (Wildman–Crippen LogP) is 0.458. The number of aryl methyl sites for hydroxylation is 1. The van der Waals surface area contributed by atoms with Crippen molar-refractivity contribution in [2.75, 3.05) is 12.4 Å². The molecular weight excluding hydrogens is 244 g/mol. The van der Waals surface area contributed by atoms with Gasteiger partial charge in [0.15, 0.2) is 0 Å². The highest BCUT2D eigenvalue weighted by atomic mass is 16.1. The van der Waals surface area contributed by atoms with Crippen molar-refractivity contribution in [3.63, 3.8) is 0 Å². The molecule has 0 aliphatic rings. The second-order valence-electron chi connectivity index (χ2n) is 4.09. The summed E-state index contributed by atoms with van der Waals surface area (Å²) in [6, 6.07) is 1.98. The lowest BCUT2D eigenvalue weighted by atomic mass is 10.4. The lowest BCUT2D eigenvalue weighted by Crippen LogP contribution is -2.23. The monoisotopic (exact) mass is 262 g/mol. The van der Waals surface area contributed by atoms with E-state index in [4.69, 9.17) is 0 Å². The second-order valence-corrected chi connectivity index (χ2v) is 4.09. The molecule has 0 atom stereocenters. The zero-order valence-corrected chi connectivity index (χ0v) is 11.1. The fourth-order valence-corrected chi connectivity index (χ4v) is 1.76. The maximum atomic E-state index is 11.2. The molecule has 2 aromatic rings. The van der Waals surface area contributed by atoms with Crippen molar-refractivity contribution < 1.29 is 4.79 Å². The van der Waals surface area contributed by atoms with E-state index in [0.29, 0.717) is 6.54 Å². The Morgan fingerprint density at radius 2 is 2.26 bits per heavy atom. The van der Waals surface area contributed by atoms with E-state index >= 15 is 0 Å². The van der Waals surface area contributed by atoms with Gasteiger partial charge in [-0.2, -0.15) is 10.2 Å². The summed E-state index contributed by atoms with van der Waals surface area (Å²) < 4.78 is 3.53. The number of hydrogen-bond acceptors (Lipinski definition) is 4. The summed E-state index contributed by atoms with van der Waals surface area (Å²) in [6.45, 7) is 3.81. The first-order chi connectivity index (χ1) is 9.22. The van der Waals surface area contributed by atoms with Gasteiger partial charge in [0.2, 0.25) is 5.91 Å². The smallest absolute Gasteiger partial charge is 0.241 e. The molecule has 2 rings (SSSR count). The van der Waals surface area contributed by atoms with Gasteiger partial charge < -0.3 is 10.6 Å². The zero-order chi connectivity index (χ0) is 13.7. The van der Waals surface area contributed by atoms with Gasteiger partial charge in [-0.15, -0.1) is 0 Å².